The summed E-state index contributed by atoms with van der Waals surface area (Å²) in [5, 5.41) is 3.09. The highest BCUT2D eigenvalue weighted by atomic mass is 35.5. The van der Waals surface area contributed by atoms with Crippen LogP contribution in [0.2, 0.25) is 5.02 Å². The molecule has 0 radical (unpaired) electrons. The van der Waals surface area contributed by atoms with E-state index in [9.17, 15) is 13.2 Å². The lowest BCUT2D eigenvalue weighted by Crippen LogP contribution is -2.33. The number of sulfonamides is 1. The molecule has 0 heterocycles. The second kappa shape index (κ2) is 8.39. The van der Waals surface area contributed by atoms with Gasteiger partial charge in [-0.1, -0.05) is 17.7 Å². The van der Waals surface area contributed by atoms with Gasteiger partial charge in [0.05, 0.1) is 25.7 Å². The summed E-state index contributed by atoms with van der Waals surface area (Å²) in [6.45, 7) is 1.38. The Labute approximate surface area is 157 Å². The highest BCUT2D eigenvalue weighted by Gasteiger charge is 2.18. The fourth-order valence-electron chi connectivity index (χ4n) is 2.15. The van der Waals surface area contributed by atoms with E-state index in [1.807, 2.05) is 0 Å². The number of carbonyl (C=O) groups excluding carboxylic acids is 1. The van der Waals surface area contributed by atoms with Crippen LogP contribution in [0.4, 0.5) is 5.69 Å². The first-order valence-corrected chi connectivity index (χ1v) is 9.40. The van der Waals surface area contributed by atoms with Crippen molar-refractivity contribution in [1.82, 2.24) is 4.72 Å². The average molecular weight is 399 g/mol. The zero-order valence-corrected chi connectivity index (χ0v) is 16.1. The Balaban J connectivity index is 2.08. The number of rotatable bonds is 7. The number of methoxy groups -OCH3 is 2. The summed E-state index contributed by atoms with van der Waals surface area (Å²) in [6, 6.07) is 9.21. The molecule has 2 N–H and O–H groups in total. The molecule has 26 heavy (non-hydrogen) atoms. The van der Waals surface area contributed by atoms with Gasteiger partial charge in [-0.2, -0.15) is 0 Å². The van der Waals surface area contributed by atoms with E-state index < -0.39 is 22.5 Å². The highest BCUT2D eigenvalue weighted by molar-refractivity contribution is 7.89. The number of anilines is 1. The number of halogens is 1. The van der Waals surface area contributed by atoms with E-state index in [1.165, 1.54) is 32.4 Å². The van der Waals surface area contributed by atoms with Gasteiger partial charge in [0, 0.05) is 16.8 Å². The summed E-state index contributed by atoms with van der Waals surface area (Å²) in [5.41, 5.74) is 1.33. The normalized spacial score (nSPS) is 11.1. The molecule has 1 amide bonds. The van der Waals surface area contributed by atoms with Crippen LogP contribution < -0.4 is 19.5 Å². The van der Waals surface area contributed by atoms with Crippen molar-refractivity contribution in [3.8, 4) is 11.5 Å². The first-order chi connectivity index (χ1) is 12.3. The van der Waals surface area contributed by atoms with Crippen LogP contribution in [0.5, 0.6) is 11.5 Å². The van der Waals surface area contributed by atoms with Gasteiger partial charge in [-0.15, -0.1) is 0 Å². The maximum absolute atomic E-state index is 12.4. The van der Waals surface area contributed by atoms with Crippen LogP contribution in [0.25, 0.3) is 0 Å². The van der Waals surface area contributed by atoms with Crippen LogP contribution in [-0.4, -0.2) is 35.1 Å². The molecule has 0 bridgehead atoms. The van der Waals surface area contributed by atoms with E-state index in [4.69, 9.17) is 21.1 Å². The van der Waals surface area contributed by atoms with Crippen LogP contribution in [0.1, 0.15) is 5.56 Å². The summed E-state index contributed by atoms with van der Waals surface area (Å²) in [4.78, 5) is 12.0. The number of aryl methyl sites for hydroxylation is 1. The molecule has 140 valence electrons. The standard InChI is InChI=1S/C17H19ClN2O5S/c1-11-4-5-12(18)8-14(11)20-17(21)10-19-26(22,23)13-6-7-15(24-2)16(9-13)25-3/h4-9,19H,10H2,1-3H3,(H,20,21). The molecule has 0 spiro atoms. The average Bonchev–Trinajstić information content (AvgIpc) is 2.62. The predicted molar refractivity (Wildman–Crippen MR) is 99.6 cm³/mol. The van der Waals surface area contributed by atoms with Crippen molar-refractivity contribution in [3.63, 3.8) is 0 Å². The van der Waals surface area contributed by atoms with Crippen LogP contribution in [0.15, 0.2) is 41.3 Å². The number of amides is 1. The van der Waals surface area contributed by atoms with Gasteiger partial charge >= 0.3 is 0 Å². The van der Waals surface area contributed by atoms with Crippen molar-refractivity contribution in [2.75, 3.05) is 26.1 Å². The van der Waals surface area contributed by atoms with Gasteiger partial charge in [0.15, 0.2) is 11.5 Å². The van der Waals surface area contributed by atoms with Gasteiger partial charge in [0.25, 0.3) is 0 Å². The topological polar surface area (TPSA) is 93.7 Å². The minimum Gasteiger partial charge on any atom is -0.493 e. The van der Waals surface area contributed by atoms with E-state index in [0.717, 1.165) is 5.56 Å². The molecule has 0 aromatic heterocycles. The molecule has 0 saturated carbocycles. The molecule has 2 aromatic carbocycles. The molecule has 0 aliphatic heterocycles. The Bertz CT molecular complexity index is 915. The first kappa shape index (κ1) is 20.0. The lowest BCUT2D eigenvalue weighted by molar-refractivity contribution is -0.115. The van der Waals surface area contributed by atoms with Crippen LogP contribution in [0, 0.1) is 6.92 Å². The smallest absolute Gasteiger partial charge is 0.241 e. The van der Waals surface area contributed by atoms with Crippen LogP contribution in [-0.2, 0) is 14.8 Å². The molecule has 0 saturated heterocycles. The Hall–Kier alpha value is -2.29. The number of nitrogens with one attached hydrogen (secondary N) is 2. The largest absolute Gasteiger partial charge is 0.493 e. The predicted octanol–water partition coefficient (Wildman–Crippen LogP) is 2.58. The highest BCUT2D eigenvalue weighted by Crippen LogP contribution is 2.29. The summed E-state index contributed by atoms with van der Waals surface area (Å²) >= 11 is 5.90. The number of benzene rings is 2. The first-order valence-electron chi connectivity index (χ1n) is 7.54. The van der Waals surface area contributed by atoms with Crippen molar-refractivity contribution < 1.29 is 22.7 Å². The monoisotopic (exact) mass is 398 g/mol. The minimum absolute atomic E-state index is 0.0399. The van der Waals surface area contributed by atoms with Gasteiger partial charge in [0.2, 0.25) is 15.9 Å². The zero-order valence-electron chi connectivity index (χ0n) is 14.5. The number of ether oxygens (including phenoxy) is 2. The lowest BCUT2D eigenvalue weighted by Gasteiger charge is -2.12. The second-order valence-electron chi connectivity index (χ2n) is 5.35. The van der Waals surface area contributed by atoms with Crippen molar-refractivity contribution in [1.29, 1.82) is 0 Å². The maximum Gasteiger partial charge on any atom is 0.241 e. The SMILES string of the molecule is COc1ccc(S(=O)(=O)NCC(=O)Nc2cc(Cl)ccc2C)cc1OC. The molecule has 2 rings (SSSR count). The third-order valence-corrected chi connectivity index (χ3v) is 5.20. The molecule has 0 fully saturated rings. The van der Waals surface area contributed by atoms with Crippen LogP contribution in [0.3, 0.4) is 0 Å². The Morgan fingerprint density at radius 1 is 1.08 bits per heavy atom. The summed E-state index contributed by atoms with van der Waals surface area (Å²) in [5.74, 6) is 0.162. The maximum atomic E-state index is 12.4. The van der Waals surface area contributed by atoms with Crippen molar-refractivity contribution in [2.24, 2.45) is 0 Å². The summed E-state index contributed by atoms with van der Waals surface area (Å²) in [6.07, 6.45) is 0. The molecule has 0 aliphatic carbocycles. The Morgan fingerprint density at radius 3 is 2.42 bits per heavy atom. The van der Waals surface area contributed by atoms with E-state index in [0.29, 0.717) is 16.5 Å². The van der Waals surface area contributed by atoms with E-state index in [2.05, 4.69) is 10.0 Å². The molecule has 0 unspecified atom stereocenters. The van der Waals surface area contributed by atoms with Crippen molar-refractivity contribution in [3.05, 3.63) is 47.0 Å². The zero-order chi connectivity index (χ0) is 19.3. The quantitative estimate of drug-likeness (QED) is 0.747. The molecule has 0 atom stereocenters. The molecule has 9 heteroatoms. The summed E-state index contributed by atoms with van der Waals surface area (Å²) < 4.78 is 37.2. The minimum atomic E-state index is -3.90. The summed E-state index contributed by atoms with van der Waals surface area (Å²) in [7, 11) is -1.04. The number of hydrogen-bond donors (Lipinski definition) is 2. The van der Waals surface area contributed by atoms with E-state index in [-0.39, 0.29) is 10.6 Å². The Morgan fingerprint density at radius 2 is 1.77 bits per heavy atom. The van der Waals surface area contributed by atoms with E-state index in [1.54, 1.807) is 25.1 Å². The Kier molecular flexibility index (Phi) is 6.47. The van der Waals surface area contributed by atoms with Crippen molar-refractivity contribution >= 4 is 33.2 Å². The fourth-order valence-corrected chi connectivity index (χ4v) is 3.32. The fraction of sp³-hybridized carbons (Fsp3) is 0.235. The van der Waals surface area contributed by atoms with Crippen molar-refractivity contribution in [2.45, 2.75) is 11.8 Å². The lowest BCUT2D eigenvalue weighted by atomic mass is 10.2. The second-order valence-corrected chi connectivity index (χ2v) is 7.55. The number of carbonyl (C=O) groups is 1. The molecular weight excluding hydrogens is 380 g/mol. The third-order valence-electron chi connectivity index (χ3n) is 3.56. The van der Waals surface area contributed by atoms with E-state index >= 15 is 0 Å². The molecule has 2 aromatic rings. The molecular formula is C17H19ClN2O5S. The van der Waals surface area contributed by atoms with Gasteiger partial charge in [-0.3, -0.25) is 4.79 Å². The van der Waals surface area contributed by atoms with Crippen LogP contribution >= 0.6 is 11.6 Å². The number of hydrogen-bond acceptors (Lipinski definition) is 5. The van der Waals surface area contributed by atoms with Gasteiger partial charge in [-0.25, -0.2) is 13.1 Å². The van der Waals surface area contributed by atoms with Gasteiger partial charge in [0.1, 0.15) is 0 Å². The third kappa shape index (κ3) is 4.87. The molecule has 7 nitrogen and oxygen atoms in total. The molecule has 0 aliphatic rings. The van der Waals surface area contributed by atoms with Gasteiger partial charge < -0.3 is 14.8 Å². The van der Waals surface area contributed by atoms with Gasteiger partial charge in [-0.05, 0) is 36.8 Å².